The molecule has 1 rings (SSSR count). The molecule has 0 unspecified atom stereocenters. The molecule has 21 heavy (non-hydrogen) atoms. The van der Waals surface area contributed by atoms with Crippen molar-refractivity contribution in [3.8, 4) is 0 Å². The molecule has 2 N–H and O–H groups in total. The molecule has 0 aliphatic carbocycles. The summed E-state index contributed by atoms with van der Waals surface area (Å²) in [6.07, 6.45) is 5.08. The molecule has 120 valence electrons. The fourth-order valence-electron chi connectivity index (χ4n) is 2.18. The number of hydrogen-bond donors (Lipinski definition) is 2. The first-order chi connectivity index (χ1) is 10.0. The highest BCUT2D eigenvalue weighted by Crippen LogP contribution is 2.24. The first kappa shape index (κ1) is 17.7. The molecule has 0 saturated carbocycles. The maximum Gasteiger partial charge on any atom is 0.158 e. The fraction of sp³-hybridized carbons (Fsp3) is 0.750. The van der Waals surface area contributed by atoms with Crippen molar-refractivity contribution in [1.29, 1.82) is 0 Å². The van der Waals surface area contributed by atoms with Crippen molar-refractivity contribution in [2.45, 2.75) is 53.1 Å². The van der Waals surface area contributed by atoms with Crippen LogP contribution < -0.4 is 10.6 Å². The Morgan fingerprint density at radius 2 is 1.90 bits per heavy atom. The maximum atomic E-state index is 5.11. The summed E-state index contributed by atoms with van der Waals surface area (Å²) in [6.45, 7) is 8.16. The summed E-state index contributed by atoms with van der Waals surface area (Å²) in [7, 11) is 3.51. The molecule has 1 aromatic rings. The Morgan fingerprint density at radius 1 is 1.19 bits per heavy atom. The van der Waals surface area contributed by atoms with Gasteiger partial charge in [0.2, 0.25) is 0 Å². The van der Waals surface area contributed by atoms with E-state index in [4.69, 9.17) is 4.74 Å². The molecule has 0 aliphatic rings. The summed E-state index contributed by atoms with van der Waals surface area (Å²) >= 11 is 0. The van der Waals surface area contributed by atoms with Gasteiger partial charge in [-0.05, 0) is 11.8 Å². The molecule has 0 aromatic carbocycles. The van der Waals surface area contributed by atoms with Crippen LogP contribution in [0.15, 0.2) is 6.07 Å². The number of anilines is 2. The summed E-state index contributed by atoms with van der Waals surface area (Å²) in [5.41, 5.74) is 0.265. The van der Waals surface area contributed by atoms with Gasteiger partial charge in [-0.3, -0.25) is 0 Å². The number of nitrogens with one attached hydrogen (secondary N) is 2. The Balaban J connectivity index is 2.62. The van der Waals surface area contributed by atoms with Crippen molar-refractivity contribution >= 4 is 11.6 Å². The lowest BCUT2D eigenvalue weighted by molar-refractivity contribution is 0.178. The predicted molar refractivity (Wildman–Crippen MR) is 88.7 cm³/mol. The highest BCUT2D eigenvalue weighted by atomic mass is 16.5. The van der Waals surface area contributed by atoms with Crippen molar-refractivity contribution < 1.29 is 4.74 Å². The molecule has 0 saturated heterocycles. The summed E-state index contributed by atoms with van der Waals surface area (Å²) in [5.74, 6) is 2.35. The molecule has 1 heterocycles. The van der Waals surface area contributed by atoms with E-state index in [1.54, 1.807) is 7.11 Å². The molecule has 0 spiro atoms. The number of nitrogens with zero attached hydrogens (tertiary/aromatic N) is 2. The van der Waals surface area contributed by atoms with E-state index in [1.807, 2.05) is 13.1 Å². The molecule has 0 fully saturated rings. The van der Waals surface area contributed by atoms with Crippen molar-refractivity contribution in [3.63, 3.8) is 0 Å². The van der Waals surface area contributed by atoms with E-state index in [2.05, 4.69) is 41.4 Å². The van der Waals surface area contributed by atoms with E-state index in [0.29, 0.717) is 12.4 Å². The third kappa shape index (κ3) is 6.76. The lowest BCUT2D eigenvalue weighted by atomic mass is 9.87. The third-order valence-electron chi connectivity index (χ3n) is 3.51. The molecule has 5 heteroatoms. The van der Waals surface area contributed by atoms with Crippen LogP contribution >= 0.6 is 0 Å². The quantitative estimate of drug-likeness (QED) is 0.645. The van der Waals surface area contributed by atoms with E-state index in [-0.39, 0.29) is 5.41 Å². The molecule has 5 nitrogen and oxygen atoms in total. The first-order valence-electron chi connectivity index (χ1n) is 7.79. The smallest absolute Gasteiger partial charge is 0.158 e. The Labute approximate surface area is 128 Å². The average molecular weight is 294 g/mol. The maximum absolute atomic E-state index is 5.11. The van der Waals surface area contributed by atoms with Crippen LogP contribution in [0.5, 0.6) is 0 Å². The van der Waals surface area contributed by atoms with Crippen LogP contribution in [-0.4, -0.2) is 30.7 Å². The SMILES string of the molecule is CCCCCC(C)(C)CNc1cc(NC)nc(COC)n1. The number of aromatic nitrogens is 2. The van der Waals surface area contributed by atoms with Gasteiger partial charge in [0.15, 0.2) is 5.82 Å². The molecule has 1 aromatic heterocycles. The van der Waals surface area contributed by atoms with Crippen LogP contribution in [0.3, 0.4) is 0 Å². The number of unbranched alkanes of at least 4 members (excludes halogenated alkanes) is 2. The monoisotopic (exact) mass is 294 g/mol. The van der Waals surface area contributed by atoms with E-state index >= 15 is 0 Å². The van der Waals surface area contributed by atoms with Gasteiger partial charge in [-0.15, -0.1) is 0 Å². The number of ether oxygens (including phenoxy) is 1. The highest BCUT2D eigenvalue weighted by molar-refractivity contribution is 5.47. The minimum atomic E-state index is 0.265. The minimum absolute atomic E-state index is 0.265. The van der Waals surface area contributed by atoms with Gasteiger partial charge in [-0.2, -0.15) is 0 Å². The van der Waals surface area contributed by atoms with Gasteiger partial charge in [-0.1, -0.05) is 40.0 Å². The normalized spacial score (nSPS) is 11.5. The van der Waals surface area contributed by atoms with Gasteiger partial charge in [0.25, 0.3) is 0 Å². The van der Waals surface area contributed by atoms with Crippen LogP contribution in [0.25, 0.3) is 0 Å². The highest BCUT2D eigenvalue weighted by Gasteiger charge is 2.17. The lowest BCUT2D eigenvalue weighted by Gasteiger charge is -2.25. The van der Waals surface area contributed by atoms with Gasteiger partial charge in [0.1, 0.15) is 18.2 Å². The zero-order chi connectivity index (χ0) is 15.7. The molecular formula is C16H30N4O. The molecule has 0 amide bonds. The summed E-state index contributed by atoms with van der Waals surface area (Å²) in [4.78, 5) is 8.84. The van der Waals surface area contributed by atoms with Gasteiger partial charge >= 0.3 is 0 Å². The fourth-order valence-corrected chi connectivity index (χ4v) is 2.18. The standard InChI is InChI=1S/C16H30N4O/c1-6-7-8-9-16(2,3)12-18-14-10-13(17-4)19-15(20-14)11-21-5/h10H,6-9,11-12H2,1-5H3,(H2,17,18,19,20). The molecular weight excluding hydrogens is 264 g/mol. The van der Waals surface area contributed by atoms with Crippen molar-refractivity contribution in [2.75, 3.05) is 31.3 Å². The predicted octanol–water partition coefficient (Wildman–Crippen LogP) is 3.68. The van der Waals surface area contributed by atoms with E-state index in [1.165, 1.54) is 25.7 Å². The Bertz CT molecular complexity index is 421. The molecule has 0 radical (unpaired) electrons. The summed E-state index contributed by atoms with van der Waals surface area (Å²) in [6, 6.07) is 1.93. The number of rotatable bonds is 10. The second-order valence-corrected chi connectivity index (χ2v) is 6.21. The number of methoxy groups -OCH3 is 1. The van der Waals surface area contributed by atoms with Crippen molar-refractivity contribution in [2.24, 2.45) is 5.41 Å². The Hall–Kier alpha value is -1.36. The third-order valence-corrected chi connectivity index (χ3v) is 3.51. The minimum Gasteiger partial charge on any atom is -0.377 e. The van der Waals surface area contributed by atoms with Crippen LogP contribution in [-0.2, 0) is 11.3 Å². The van der Waals surface area contributed by atoms with Crippen LogP contribution in [0.2, 0.25) is 0 Å². The summed E-state index contributed by atoms with van der Waals surface area (Å²) < 4.78 is 5.11. The van der Waals surface area contributed by atoms with Crippen LogP contribution in [0.4, 0.5) is 11.6 Å². The topological polar surface area (TPSA) is 59.1 Å². The molecule has 0 aliphatic heterocycles. The number of hydrogen-bond acceptors (Lipinski definition) is 5. The van der Waals surface area contributed by atoms with Gasteiger partial charge < -0.3 is 15.4 Å². The average Bonchev–Trinajstić information content (AvgIpc) is 2.45. The van der Waals surface area contributed by atoms with E-state index < -0.39 is 0 Å². The molecule has 0 bridgehead atoms. The van der Waals surface area contributed by atoms with Crippen molar-refractivity contribution in [3.05, 3.63) is 11.9 Å². The van der Waals surface area contributed by atoms with Gasteiger partial charge in [-0.25, -0.2) is 9.97 Å². The summed E-state index contributed by atoms with van der Waals surface area (Å²) in [5, 5.41) is 6.50. The molecule has 0 atom stereocenters. The zero-order valence-electron chi connectivity index (χ0n) is 14.1. The van der Waals surface area contributed by atoms with Crippen LogP contribution in [0.1, 0.15) is 52.3 Å². The van der Waals surface area contributed by atoms with Gasteiger partial charge in [0, 0.05) is 26.8 Å². The van der Waals surface area contributed by atoms with Crippen LogP contribution in [0, 0.1) is 5.41 Å². The Morgan fingerprint density at radius 3 is 2.52 bits per heavy atom. The van der Waals surface area contributed by atoms with E-state index in [0.717, 1.165) is 18.2 Å². The zero-order valence-corrected chi connectivity index (χ0v) is 14.1. The van der Waals surface area contributed by atoms with E-state index in [9.17, 15) is 0 Å². The first-order valence-corrected chi connectivity index (χ1v) is 7.79. The van der Waals surface area contributed by atoms with Crippen molar-refractivity contribution in [1.82, 2.24) is 9.97 Å². The second-order valence-electron chi connectivity index (χ2n) is 6.21. The largest absolute Gasteiger partial charge is 0.377 e. The lowest BCUT2D eigenvalue weighted by Crippen LogP contribution is -2.23. The second kappa shape index (κ2) is 8.82. The van der Waals surface area contributed by atoms with Gasteiger partial charge in [0.05, 0.1) is 0 Å². The Kier molecular flexibility index (Phi) is 7.43.